The number of fused-ring (bicyclic) bond motifs is 3. The molecule has 2 heterocycles. The van der Waals surface area contributed by atoms with Crippen molar-refractivity contribution in [2.75, 3.05) is 6.61 Å². The summed E-state index contributed by atoms with van der Waals surface area (Å²) in [6.45, 7) is 6.34. The number of carbonyl (C=O) groups is 1. The minimum Gasteiger partial charge on any atom is -0.462 e. The van der Waals surface area contributed by atoms with E-state index in [0.29, 0.717) is 16.3 Å². The van der Waals surface area contributed by atoms with Gasteiger partial charge in [0.15, 0.2) is 4.80 Å². The lowest BCUT2D eigenvalue weighted by molar-refractivity contribution is 0.0532. The van der Waals surface area contributed by atoms with Crippen molar-refractivity contribution < 1.29 is 9.53 Å². The minimum atomic E-state index is -0.336. The van der Waals surface area contributed by atoms with Crippen LogP contribution in [0.25, 0.3) is 11.3 Å². The predicted molar refractivity (Wildman–Crippen MR) is 82.6 cm³/mol. The summed E-state index contributed by atoms with van der Waals surface area (Å²) in [5, 5.41) is 8.27. The number of hydrogen-bond acceptors (Lipinski definition) is 4. The molecular weight excluding hydrogens is 284 g/mol. The molecule has 0 amide bonds. The molecule has 4 nitrogen and oxygen atoms in total. The van der Waals surface area contributed by atoms with Crippen LogP contribution in [0.5, 0.6) is 0 Å². The van der Waals surface area contributed by atoms with E-state index >= 15 is 0 Å². The summed E-state index contributed by atoms with van der Waals surface area (Å²) in [7, 11) is 0. The number of aromatic nitrogens is 1. The van der Waals surface area contributed by atoms with Gasteiger partial charge in [0.05, 0.1) is 12.3 Å². The van der Waals surface area contributed by atoms with Crippen molar-refractivity contribution >= 4 is 17.3 Å². The third kappa shape index (κ3) is 2.12. The molecule has 1 aliphatic heterocycles. The number of nitrogens with one attached hydrogen (secondary N) is 1. The summed E-state index contributed by atoms with van der Waals surface area (Å²) in [5.74, 6) is -0.336. The van der Waals surface area contributed by atoms with Crippen molar-refractivity contribution in [1.82, 2.24) is 4.57 Å². The van der Waals surface area contributed by atoms with Crippen molar-refractivity contribution in [1.29, 1.82) is 5.41 Å². The molecule has 1 aromatic heterocycles. The van der Waals surface area contributed by atoms with Gasteiger partial charge in [0.25, 0.3) is 0 Å². The molecule has 0 fully saturated rings. The second kappa shape index (κ2) is 4.84. The summed E-state index contributed by atoms with van der Waals surface area (Å²) in [5.41, 5.74) is 2.86. The van der Waals surface area contributed by atoms with E-state index < -0.39 is 0 Å². The van der Waals surface area contributed by atoms with Gasteiger partial charge in [-0.15, -0.1) is 0 Å². The Morgan fingerprint density at radius 3 is 2.86 bits per heavy atom. The average molecular weight is 302 g/mol. The van der Waals surface area contributed by atoms with Gasteiger partial charge in [0.1, 0.15) is 4.88 Å². The van der Waals surface area contributed by atoms with Crippen molar-refractivity contribution in [3.63, 3.8) is 0 Å². The summed E-state index contributed by atoms with van der Waals surface area (Å²) in [6.07, 6.45) is 0.853. The highest BCUT2D eigenvalue weighted by molar-refractivity contribution is 7.11. The average Bonchev–Trinajstić information content (AvgIpc) is 2.78. The van der Waals surface area contributed by atoms with Crippen LogP contribution in [-0.2, 0) is 16.7 Å². The molecule has 0 radical (unpaired) electrons. The van der Waals surface area contributed by atoms with Crippen molar-refractivity contribution in [3.05, 3.63) is 39.5 Å². The molecular formula is C16H18N2O2S. The highest BCUT2D eigenvalue weighted by Gasteiger charge is 2.35. The monoisotopic (exact) mass is 302 g/mol. The van der Waals surface area contributed by atoms with Gasteiger partial charge < -0.3 is 9.30 Å². The Bertz CT molecular complexity index is 771. The van der Waals surface area contributed by atoms with E-state index in [2.05, 4.69) is 19.9 Å². The Labute approximate surface area is 127 Å². The van der Waals surface area contributed by atoms with Gasteiger partial charge in [0.2, 0.25) is 0 Å². The molecule has 1 aromatic carbocycles. The molecule has 21 heavy (non-hydrogen) atoms. The number of thiazole rings is 1. The van der Waals surface area contributed by atoms with E-state index in [1.165, 1.54) is 16.9 Å². The quantitative estimate of drug-likeness (QED) is 0.866. The van der Waals surface area contributed by atoms with E-state index in [-0.39, 0.29) is 11.5 Å². The largest absolute Gasteiger partial charge is 0.462 e. The first kappa shape index (κ1) is 14.1. The number of esters is 1. The topological polar surface area (TPSA) is 55.1 Å². The summed E-state index contributed by atoms with van der Waals surface area (Å²) in [4.78, 5) is 13.2. The van der Waals surface area contributed by atoms with Crippen LogP contribution >= 0.6 is 11.3 Å². The number of rotatable bonds is 2. The van der Waals surface area contributed by atoms with Gasteiger partial charge in [-0.25, -0.2) is 4.79 Å². The predicted octanol–water partition coefficient (Wildman–Crippen LogP) is 3.16. The number of nitrogens with zero attached hydrogens (tertiary/aromatic N) is 1. The van der Waals surface area contributed by atoms with Crippen LogP contribution in [0.4, 0.5) is 0 Å². The van der Waals surface area contributed by atoms with Crippen LogP contribution in [0.1, 0.15) is 36.0 Å². The molecule has 3 rings (SSSR count). The first-order valence-electron chi connectivity index (χ1n) is 7.02. The standard InChI is InChI=1S/C16H18N2O2S/c1-4-20-14(19)13-12-11-8-6-5-7-10(11)9-16(2,3)18(12)15(17)21-13/h5-8,17H,4,9H2,1-3H3. The number of hydrogen-bond donors (Lipinski definition) is 1. The fourth-order valence-corrected chi connectivity index (χ4v) is 4.06. The molecule has 0 saturated heterocycles. The fourth-order valence-electron chi connectivity index (χ4n) is 3.00. The maximum absolute atomic E-state index is 12.2. The maximum atomic E-state index is 12.2. The molecule has 0 saturated carbocycles. The zero-order valence-electron chi connectivity index (χ0n) is 12.4. The molecule has 0 aliphatic carbocycles. The van der Waals surface area contributed by atoms with Gasteiger partial charge in [0, 0.05) is 11.1 Å². The zero-order valence-corrected chi connectivity index (χ0v) is 13.2. The Kier molecular flexibility index (Phi) is 3.24. The molecule has 0 atom stereocenters. The second-order valence-corrected chi connectivity index (χ2v) is 6.79. The molecule has 0 bridgehead atoms. The second-order valence-electron chi connectivity index (χ2n) is 5.79. The molecule has 2 aromatic rings. The van der Waals surface area contributed by atoms with E-state index in [1.807, 2.05) is 22.8 Å². The zero-order chi connectivity index (χ0) is 15.2. The molecule has 110 valence electrons. The SMILES string of the molecule is CCOC(=O)c1sc(=N)n2c1-c1ccccc1CC2(C)C. The van der Waals surface area contributed by atoms with Gasteiger partial charge in [-0.05, 0) is 32.8 Å². The first-order chi connectivity index (χ1) is 9.95. The Morgan fingerprint density at radius 1 is 1.43 bits per heavy atom. The van der Waals surface area contributed by atoms with Gasteiger partial charge in [-0.2, -0.15) is 0 Å². The summed E-state index contributed by atoms with van der Waals surface area (Å²) in [6, 6.07) is 8.10. The fraction of sp³-hybridized carbons (Fsp3) is 0.375. The van der Waals surface area contributed by atoms with Gasteiger partial charge in [-0.1, -0.05) is 35.6 Å². The number of benzene rings is 1. The molecule has 0 unspecified atom stereocenters. The molecule has 1 aliphatic rings. The Morgan fingerprint density at radius 2 is 2.14 bits per heavy atom. The van der Waals surface area contributed by atoms with Crippen molar-refractivity contribution in [2.45, 2.75) is 32.7 Å². The van der Waals surface area contributed by atoms with Crippen molar-refractivity contribution in [3.8, 4) is 11.3 Å². The smallest absolute Gasteiger partial charge is 0.350 e. The number of ether oxygens (including phenoxy) is 1. The van der Waals surface area contributed by atoms with Crippen LogP contribution in [0.3, 0.4) is 0 Å². The van der Waals surface area contributed by atoms with E-state index in [9.17, 15) is 4.79 Å². The molecule has 1 N–H and O–H groups in total. The first-order valence-corrected chi connectivity index (χ1v) is 7.83. The van der Waals surface area contributed by atoms with Crippen LogP contribution in [-0.4, -0.2) is 17.1 Å². The summed E-state index contributed by atoms with van der Waals surface area (Å²) >= 11 is 1.20. The van der Waals surface area contributed by atoms with Gasteiger partial charge in [-0.3, -0.25) is 5.41 Å². The van der Waals surface area contributed by atoms with E-state index in [4.69, 9.17) is 10.1 Å². The Hall–Kier alpha value is -1.88. The van der Waals surface area contributed by atoms with Crippen LogP contribution in [0.15, 0.2) is 24.3 Å². The van der Waals surface area contributed by atoms with E-state index in [0.717, 1.165) is 17.7 Å². The molecule has 0 spiro atoms. The third-order valence-corrected chi connectivity index (χ3v) is 4.74. The number of carbonyl (C=O) groups excluding carboxylic acids is 1. The lowest BCUT2D eigenvalue weighted by atomic mass is 9.86. The third-order valence-electron chi connectivity index (χ3n) is 3.80. The highest BCUT2D eigenvalue weighted by atomic mass is 32.1. The lowest BCUT2D eigenvalue weighted by Gasteiger charge is -2.34. The minimum absolute atomic E-state index is 0.220. The lowest BCUT2D eigenvalue weighted by Crippen LogP contribution is -2.39. The molecule has 5 heteroatoms. The highest BCUT2D eigenvalue weighted by Crippen LogP contribution is 2.39. The van der Waals surface area contributed by atoms with E-state index in [1.54, 1.807) is 6.92 Å². The van der Waals surface area contributed by atoms with Gasteiger partial charge >= 0.3 is 5.97 Å². The normalized spacial score (nSPS) is 15.2. The van der Waals surface area contributed by atoms with Crippen LogP contribution in [0.2, 0.25) is 0 Å². The van der Waals surface area contributed by atoms with Crippen molar-refractivity contribution in [2.24, 2.45) is 0 Å². The van der Waals surface area contributed by atoms with Crippen LogP contribution < -0.4 is 4.80 Å². The Balaban J connectivity index is 2.32. The summed E-state index contributed by atoms with van der Waals surface area (Å²) < 4.78 is 7.13. The van der Waals surface area contributed by atoms with Crippen LogP contribution in [0, 0.1) is 5.41 Å². The maximum Gasteiger partial charge on any atom is 0.350 e.